The number of esters is 1. The van der Waals surface area contributed by atoms with Crippen molar-refractivity contribution in [3.63, 3.8) is 0 Å². The number of carbonyl (C=O) groups is 3. The second-order valence-electron chi connectivity index (χ2n) is 11.5. The highest BCUT2D eigenvalue weighted by Crippen LogP contribution is 2.50. The van der Waals surface area contributed by atoms with E-state index in [1.807, 2.05) is 33.8 Å². The summed E-state index contributed by atoms with van der Waals surface area (Å²) in [6.45, 7) is 9.10. The number of benzene rings is 1. The lowest BCUT2D eigenvalue weighted by atomic mass is 9.95. The predicted molar refractivity (Wildman–Crippen MR) is 173 cm³/mol. The number of fused-ring (bicyclic) bond motifs is 3. The monoisotopic (exact) mass is 625 g/mol. The van der Waals surface area contributed by atoms with Crippen molar-refractivity contribution >= 4 is 23.5 Å². The highest BCUT2D eigenvalue weighted by atomic mass is 16.5. The van der Waals surface area contributed by atoms with E-state index in [0.717, 1.165) is 11.1 Å². The molecule has 0 radical (unpaired) electrons. The first-order valence-electron chi connectivity index (χ1n) is 15.4. The fraction of sp³-hybridized carbons (Fsp3) is 0.529. The molecule has 5 atom stereocenters. The zero-order valence-electron chi connectivity index (χ0n) is 27.8. The maximum Gasteiger partial charge on any atom is 0.328 e. The number of ether oxygens (including phenoxy) is 4. The number of anilines is 1. The van der Waals surface area contributed by atoms with Gasteiger partial charge < -0.3 is 34.9 Å². The van der Waals surface area contributed by atoms with Crippen molar-refractivity contribution in [2.75, 3.05) is 33.8 Å². The maximum atomic E-state index is 13.9. The average Bonchev–Trinajstić information content (AvgIpc) is 3.28. The SMILES string of the molecule is CCC(C)C(Nc1ccc2c(cc1=O)C(NC(C)=O)CCc1cc(OC)c(OC)c(OC)c1-2)C(=O)NC(C(=O)OC)C(C)CC. The molecular weight excluding hydrogens is 578 g/mol. The lowest BCUT2D eigenvalue weighted by Gasteiger charge is -2.28. The first kappa shape index (κ1) is 35.2. The van der Waals surface area contributed by atoms with Crippen LogP contribution in [0.2, 0.25) is 0 Å². The molecule has 0 saturated heterocycles. The van der Waals surface area contributed by atoms with E-state index in [9.17, 15) is 19.2 Å². The zero-order chi connectivity index (χ0) is 33.4. The van der Waals surface area contributed by atoms with Crippen LogP contribution in [0.25, 0.3) is 11.1 Å². The third-order valence-corrected chi connectivity index (χ3v) is 8.69. The van der Waals surface area contributed by atoms with Gasteiger partial charge in [-0.25, -0.2) is 4.79 Å². The quantitative estimate of drug-likeness (QED) is 0.276. The number of amides is 2. The van der Waals surface area contributed by atoms with Gasteiger partial charge >= 0.3 is 5.97 Å². The van der Waals surface area contributed by atoms with Crippen LogP contribution in [0.3, 0.4) is 0 Å². The van der Waals surface area contributed by atoms with E-state index in [2.05, 4.69) is 16.0 Å². The standard InChI is InChI=1S/C34H47N3O8/c1-10-18(3)29(33(40)37-30(19(4)11-2)34(41)45-9)36-25-15-13-22-23(17-26(25)39)24(35-20(5)38)14-12-21-16-27(42-6)31(43-7)32(44-8)28(21)22/h13,15-19,24,29-30H,10-12,14H2,1-9H3,(H,35,38)(H,36,39)(H,37,40). The molecule has 0 heterocycles. The van der Waals surface area contributed by atoms with E-state index in [4.69, 9.17) is 18.9 Å². The molecule has 0 saturated carbocycles. The van der Waals surface area contributed by atoms with Crippen molar-refractivity contribution in [3.8, 4) is 28.4 Å². The number of methoxy groups -OCH3 is 4. The van der Waals surface area contributed by atoms with E-state index in [0.29, 0.717) is 54.1 Å². The number of hydrogen-bond acceptors (Lipinski definition) is 9. The van der Waals surface area contributed by atoms with Gasteiger partial charge in [-0.3, -0.25) is 14.4 Å². The van der Waals surface area contributed by atoms with Crippen LogP contribution in [-0.4, -0.2) is 58.3 Å². The molecule has 2 aromatic carbocycles. The molecule has 3 N–H and O–H groups in total. The number of rotatable bonds is 13. The van der Waals surface area contributed by atoms with Gasteiger partial charge in [-0.15, -0.1) is 0 Å². The number of hydrogen-bond donors (Lipinski definition) is 3. The minimum atomic E-state index is -0.829. The van der Waals surface area contributed by atoms with Gasteiger partial charge in [-0.2, -0.15) is 0 Å². The Morgan fingerprint density at radius 3 is 2.11 bits per heavy atom. The summed E-state index contributed by atoms with van der Waals surface area (Å²) < 4.78 is 22.1. The lowest BCUT2D eigenvalue weighted by Crippen LogP contribution is -2.52. The highest BCUT2D eigenvalue weighted by molar-refractivity contribution is 5.90. The number of aryl methyl sites for hydroxylation is 1. The Labute approximate surface area is 265 Å². The largest absolute Gasteiger partial charge is 0.493 e. The van der Waals surface area contributed by atoms with Gasteiger partial charge in [-0.1, -0.05) is 46.6 Å². The summed E-state index contributed by atoms with van der Waals surface area (Å²) in [5.41, 5.74) is 2.76. The first-order valence-corrected chi connectivity index (χ1v) is 15.4. The molecule has 45 heavy (non-hydrogen) atoms. The first-order chi connectivity index (χ1) is 21.4. The molecule has 11 nitrogen and oxygen atoms in total. The van der Waals surface area contributed by atoms with E-state index in [-0.39, 0.29) is 28.9 Å². The smallest absolute Gasteiger partial charge is 0.328 e. The van der Waals surface area contributed by atoms with Crippen LogP contribution in [0, 0.1) is 11.8 Å². The van der Waals surface area contributed by atoms with Crippen molar-refractivity contribution in [1.82, 2.24) is 10.6 Å². The molecule has 0 aromatic heterocycles. The van der Waals surface area contributed by atoms with Crippen molar-refractivity contribution in [3.05, 3.63) is 45.6 Å². The van der Waals surface area contributed by atoms with Gasteiger partial charge in [0.15, 0.2) is 11.5 Å². The molecule has 11 heteroatoms. The Bertz CT molecular complexity index is 1460. The summed E-state index contributed by atoms with van der Waals surface area (Å²) in [4.78, 5) is 52.3. The fourth-order valence-corrected chi connectivity index (χ4v) is 5.74. The van der Waals surface area contributed by atoms with Gasteiger partial charge in [0.2, 0.25) is 23.0 Å². The highest BCUT2D eigenvalue weighted by Gasteiger charge is 2.33. The third kappa shape index (κ3) is 7.69. The van der Waals surface area contributed by atoms with Gasteiger partial charge in [0, 0.05) is 12.5 Å². The van der Waals surface area contributed by atoms with Crippen LogP contribution in [0.4, 0.5) is 5.69 Å². The van der Waals surface area contributed by atoms with Crippen molar-refractivity contribution in [1.29, 1.82) is 0 Å². The van der Waals surface area contributed by atoms with Crippen LogP contribution < -0.4 is 35.6 Å². The molecule has 2 aromatic rings. The van der Waals surface area contributed by atoms with Gasteiger partial charge in [0.25, 0.3) is 0 Å². The van der Waals surface area contributed by atoms with Crippen LogP contribution in [-0.2, 0) is 25.5 Å². The van der Waals surface area contributed by atoms with Crippen LogP contribution >= 0.6 is 0 Å². The van der Waals surface area contributed by atoms with E-state index in [1.54, 1.807) is 26.4 Å². The minimum absolute atomic E-state index is 0.157. The van der Waals surface area contributed by atoms with Crippen LogP contribution in [0.5, 0.6) is 17.2 Å². The lowest BCUT2D eigenvalue weighted by molar-refractivity contribution is -0.146. The normalized spacial score (nSPS) is 16.3. The molecule has 0 bridgehead atoms. The summed E-state index contributed by atoms with van der Waals surface area (Å²) in [5.74, 6) is -0.152. The second-order valence-corrected chi connectivity index (χ2v) is 11.5. The Balaban J connectivity index is 2.21. The topological polar surface area (TPSA) is 141 Å². The summed E-state index contributed by atoms with van der Waals surface area (Å²) >= 11 is 0. The van der Waals surface area contributed by atoms with Crippen molar-refractivity contribution < 1.29 is 33.3 Å². The summed E-state index contributed by atoms with van der Waals surface area (Å²) in [6.07, 6.45) is 2.39. The van der Waals surface area contributed by atoms with Gasteiger partial charge in [0.1, 0.15) is 12.1 Å². The summed E-state index contributed by atoms with van der Waals surface area (Å²) in [5, 5.41) is 9.04. The van der Waals surface area contributed by atoms with Crippen LogP contribution in [0.15, 0.2) is 29.1 Å². The van der Waals surface area contributed by atoms with Gasteiger partial charge in [-0.05, 0) is 59.6 Å². The second kappa shape index (κ2) is 15.6. The average molecular weight is 626 g/mol. The van der Waals surface area contributed by atoms with Crippen LogP contribution in [0.1, 0.15) is 71.0 Å². The van der Waals surface area contributed by atoms with Crippen molar-refractivity contribution in [2.24, 2.45) is 11.8 Å². The van der Waals surface area contributed by atoms with E-state index in [1.165, 1.54) is 27.2 Å². The van der Waals surface area contributed by atoms with Crippen molar-refractivity contribution in [2.45, 2.75) is 78.4 Å². The maximum absolute atomic E-state index is 13.9. The Kier molecular flexibility index (Phi) is 12.2. The summed E-state index contributed by atoms with van der Waals surface area (Å²) in [7, 11) is 5.91. The molecule has 0 aliphatic heterocycles. The molecule has 2 amide bonds. The van der Waals surface area contributed by atoms with E-state index >= 15 is 0 Å². The number of carbonyl (C=O) groups excluding carboxylic acids is 3. The third-order valence-electron chi connectivity index (χ3n) is 8.69. The van der Waals surface area contributed by atoms with Gasteiger partial charge in [0.05, 0.1) is 40.2 Å². The molecule has 1 aliphatic rings. The minimum Gasteiger partial charge on any atom is -0.493 e. The predicted octanol–water partition coefficient (Wildman–Crippen LogP) is 4.39. The number of nitrogens with one attached hydrogen (secondary N) is 3. The Morgan fingerprint density at radius 2 is 1.56 bits per heavy atom. The molecule has 246 valence electrons. The molecule has 5 unspecified atom stereocenters. The fourth-order valence-electron chi connectivity index (χ4n) is 5.74. The molecular formula is C34H47N3O8. The Morgan fingerprint density at radius 1 is 0.911 bits per heavy atom. The molecule has 3 rings (SSSR count). The molecule has 0 fully saturated rings. The Hall–Kier alpha value is -4.28. The van der Waals surface area contributed by atoms with E-state index < -0.39 is 30.0 Å². The molecule has 0 spiro atoms. The summed E-state index contributed by atoms with van der Waals surface area (Å²) in [6, 6.07) is 4.72. The molecule has 1 aliphatic carbocycles. The zero-order valence-corrected chi connectivity index (χ0v) is 27.8.